The zero-order valence-corrected chi connectivity index (χ0v) is 9.65. The molecule has 0 bridgehead atoms. The van der Waals surface area contributed by atoms with E-state index in [4.69, 9.17) is 10.5 Å². The predicted molar refractivity (Wildman–Crippen MR) is 57.9 cm³/mol. The molecule has 5 atom stereocenters. The molecule has 0 amide bonds. The van der Waals surface area contributed by atoms with Gasteiger partial charge in [-0.25, -0.2) is 0 Å². The van der Waals surface area contributed by atoms with Gasteiger partial charge in [0.05, 0.1) is 6.10 Å². The van der Waals surface area contributed by atoms with E-state index in [1.807, 2.05) is 0 Å². The van der Waals surface area contributed by atoms with Crippen molar-refractivity contribution < 1.29 is 19.5 Å². The Morgan fingerprint density at radius 3 is 2.53 bits per heavy atom. The van der Waals surface area contributed by atoms with Crippen LogP contribution < -0.4 is 5.73 Å². The van der Waals surface area contributed by atoms with E-state index in [0.29, 0.717) is 18.7 Å². The highest BCUT2D eigenvalue weighted by molar-refractivity contribution is 7.91. The van der Waals surface area contributed by atoms with Gasteiger partial charge < -0.3 is 25.2 Å². The second-order valence-electron chi connectivity index (χ2n) is 3.81. The lowest BCUT2D eigenvalue weighted by Gasteiger charge is -2.17. The van der Waals surface area contributed by atoms with Gasteiger partial charge in [-0.05, 0) is 13.5 Å². The lowest BCUT2D eigenvalue weighted by Crippen LogP contribution is -2.36. The van der Waals surface area contributed by atoms with Crippen molar-refractivity contribution in [3.63, 3.8) is 0 Å². The summed E-state index contributed by atoms with van der Waals surface area (Å²) in [5.41, 5.74) is 5.30. The fourth-order valence-corrected chi connectivity index (χ4v) is 2.88. The molecular formula is C9H19NO4S. The molecule has 0 radical (unpaired) electrons. The van der Waals surface area contributed by atoms with E-state index in [9.17, 15) is 14.8 Å². The maximum absolute atomic E-state index is 11.5. The van der Waals surface area contributed by atoms with Crippen molar-refractivity contribution in [3.8, 4) is 0 Å². The molecule has 1 aliphatic heterocycles. The second kappa shape index (κ2) is 6.03. The molecule has 1 aliphatic rings. The van der Waals surface area contributed by atoms with Crippen LogP contribution in [0.3, 0.4) is 0 Å². The van der Waals surface area contributed by atoms with Crippen molar-refractivity contribution in [3.05, 3.63) is 0 Å². The largest absolute Gasteiger partial charge is 0.616 e. The lowest BCUT2D eigenvalue weighted by molar-refractivity contribution is 0.0296. The Morgan fingerprint density at radius 1 is 1.40 bits per heavy atom. The first kappa shape index (κ1) is 13.2. The van der Waals surface area contributed by atoms with Crippen LogP contribution in [-0.2, 0) is 15.9 Å². The van der Waals surface area contributed by atoms with Gasteiger partial charge >= 0.3 is 0 Å². The molecule has 0 spiro atoms. The van der Waals surface area contributed by atoms with Gasteiger partial charge in [-0.3, -0.25) is 0 Å². The molecule has 1 fully saturated rings. The standard InChI is InChI=1S/C9H19NO4S/c1-6-8(11)9(12)7(14-6)5-15(13)4-2-3-10/h6-9,11-12H,2-5,10H2,1H3/t6?,7?,8-,9+,15?/m0/s1. The van der Waals surface area contributed by atoms with E-state index in [1.54, 1.807) is 6.92 Å². The van der Waals surface area contributed by atoms with E-state index in [2.05, 4.69) is 0 Å². The molecule has 90 valence electrons. The van der Waals surface area contributed by atoms with Gasteiger partial charge in [0.15, 0.2) is 0 Å². The minimum Gasteiger partial charge on any atom is -0.616 e. The zero-order valence-electron chi connectivity index (χ0n) is 8.83. The van der Waals surface area contributed by atoms with Crippen LogP contribution in [0.1, 0.15) is 13.3 Å². The molecule has 0 aliphatic carbocycles. The summed E-state index contributed by atoms with van der Waals surface area (Å²) in [6.07, 6.45) is -2.01. The Balaban J connectivity index is 2.32. The molecule has 0 saturated carbocycles. The molecule has 0 aromatic heterocycles. The van der Waals surface area contributed by atoms with Crippen LogP contribution in [0.15, 0.2) is 0 Å². The Bertz CT molecular complexity index is 195. The molecule has 0 aromatic rings. The summed E-state index contributed by atoms with van der Waals surface area (Å²) in [6.45, 7) is 2.20. The van der Waals surface area contributed by atoms with Crippen molar-refractivity contribution in [1.29, 1.82) is 0 Å². The van der Waals surface area contributed by atoms with Crippen LogP contribution in [0.2, 0.25) is 0 Å². The smallest absolute Gasteiger partial charge is 0.134 e. The van der Waals surface area contributed by atoms with E-state index in [-0.39, 0.29) is 5.75 Å². The quantitative estimate of drug-likeness (QED) is 0.510. The molecule has 6 heteroatoms. The van der Waals surface area contributed by atoms with Crippen LogP contribution in [0, 0.1) is 0 Å². The van der Waals surface area contributed by atoms with Crippen molar-refractivity contribution >= 4 is 11.2 Å². The second-order valence-corrected chi connectivity index (χ2v) is 5.43. The number of ether oxygens (including phenoxy) is 1. The SMILES string of the molecule is CC1OC(C[S+]([O-])CCCN)[C@@H](O)[C@H]1O. The number of aliphatic hydroxyl groups excluding tert-OH is 2. The Labute approximate surface area is 92.8 Å². The Morgan fingerprint density at radius 2 is 2.07 bits per heavy atom. The molecule has 4 N–H and O–H groups in total. The number of hydrogen-bond acceptors (Lipinski definition) is 5. The third-order valence-electron chi connectivity index (χ3n) is 2.53. The van der Waals surface area contributed by atoms with E-state index < -0.39 is 35.6 Å². The van der Waals surface area contributed by atoms with Crippen LogP contribution in [0.5, 0.6) is 0 Å². The summed E-state index contributed by atoms with van der Waals surface area (Å²) in [6, 6.07) is 0. The van der Waals surface area contributed by atoms with Crippen LogP contribution >= 0.6 is 0 Å². The van der Waals surface area contributed by atoms with Crippen LogP contribution in [0.25, 0.3) is 0 Å². The van der Waals surface area contributed by atoms with Gasteiger partial charge in [0.2, 0.25) is 0 Å². The zero-order chi connectivity index (χ0) is 11.4. The summed E-state index contributed by atoms with van der Waals surface area (Å²) in [7, 11) is 0. The maximum atomic E-state index is 11.5. The summed E-state index contributed by atoms with van der Waals surface area (Å²) in [5, 5.41) is 19.0. The summed E-state index contributed by atoms with van der Waals surface area (Å²) in [4.78, 5) is 0. The van der Waals surface area contributed by atoms with Crippen molar-refractivity contribution in [2.24, 2.45) is 5.73 Å². The maximum Gasteiger partial charge on any atom is 0.134 e. The first-order valence-electron chi connectivity index (χ1n) is 5.13. The van der Waals surface area contributed by atoms with Gasteiger partial charge in [-0.2, -0.15) is 0 Å². The van der Waals surface area contributed by atoms with E-state index in [1.165, 1.54) is 0 Å². The molecule has 1 saturated heterocycles. The van der Waals surface area contributed by atoms with Crippen molar-refractivity contribution in [2.45, 2.75) is 37.8 Å². The third kappa shape index (κ3) is 3.58. The minimum absolute atomic E-state index is 0.266. The molecule has 0 aromatic carbocycles. The fourth-order valence-electron chi connectivity index (χ4n) is 1.58. The molecular weight excluding hydrogens is 218 g/mol. The topological polar surface area (TPSA) is 98.8 Å². The molecule has 3 unspecified atom stereocenters. The Hall–Kier alpha value is 0.150. The molecule has 1 rings (SSSR count). The monoisotopic (exact) mass is 237 g/mol. The van der Waals surface area contributed by atoms with Crippen molar-refractivity contribution in [2.75, 3.05) is 18.1 Å². The summed E-state index contributed by atoms with van der Waals surface area (Å²) < 4.78 is 16.8. The lowest BCUT2D eigenvalue weighted by atomic mass is 10.1. The van der Waals surface area contributed by atoms with Gasteiger partial charge in [-0.15, -0.1) is 0 Å². The molecule has 15 heavy (non-hydrogen) atoms. The highest BCUT2D eigenvalue weighted by Crippen LogP contribution is 2.22. The van der Waals surface area contributed by atoms with Crippen LogP contribution in [0.4, 0.5) is 0 Å². The predicted octanol–water partition coefficient (Wildman–Crippen LogP) is -1.41. The number of aliphatic hydroxyl groups is 2. The highest BCUT2D eigenvalue weighted by atomic mass is 32.2. The van der Waals surface area contributed by atoms with E-state index in [0.717, 1.165) is 0 Å². The highest BCUT2D eigenvalue weighted by Gasteiger charge is 2.42. The molecule has 1 heterocycles. The Kier molecular flexibility index (Phi) is 5.31. The van der Waals surface area contributed by atoms with Crippen LogP contribution in [-0.4, -0.2) is 57.2 Å². The normalized spacial score (nSPS) is 38.2. The van der Waals surface area contributed by atoms with Gasteiger partial charge in [-0.1, -0.05) is 11.2 Å². The average molecular weight is 237 g/mol. The fraction of sp³-hybridized carbons (Fsp3) is 1.00. The number of rotatable bonds is 5. The first-order chi connectivity index (χ1) is 7.06. The first-order valence-corrected chi connectivity index (χ1v) is 6.61. The summed E-state index contributed by atoms with van der Waals surface area (Å²) in [5.74, 6) is 0.788. The number of hydrogen-bond donors (Lipinski definition) is 3. The van der Waals surface area contributed by atoms with E-state index >= 15 is 0 Å². The number of nitrogens with two attached hydrogens (primary N) is 1. The molecule has 5 nitrogen and oxygen atoms in total. The van der Waals surface area contributed by atoms with Gasteiger partial charge in [0.1, 0.15) is 29.8 Å². The van der Waals surface area contributed by atoms with Crippen molar-refractivity contribution in [1.82, 2.24) is 0 Å². The summed E-state index contributed by atoms with van der Waals surface area (Å²) >= 11 is -1.04. The third-order valence-corrected chi connectivity index (χ3v) is 3.97. The van der Waals surface area contributed by atoms with Gasteiger partial charge in [0.25, 0.3) is 0 Å². The minimum atomic E-state index is -1.04. The average Bonchev–Trinajstić information content (AvgIpc) is 2.43. The van der Waals surface area contributed by atoms with Gasteiger partial charge in [0, 0.05) is 6.42 Å².